The highest BCUT2D eigenvalue weighted by Gasteiger charge is 2.18. The molecule has 0 aliphatic heterocycles. The fraction of sp³-hybridized carbons (Fsp3) is 0.438. The second kappa shape index (κ2) is 13.8. The van der Waals surface area contributed by atoms with Gasteiger partial charge in [-0.05, 0) is 25.3 Å². The molecule has 0 unspecified atom stereocenters. The quantitative estimate of drug-likeness (QED) is 0.105. The highest BCUT2D eigenvalue weighted by Crippen LogP contribution is 2.37. The molecule has 0 radical (unpaired) electrons. The second-order valence-electron chi connectivity index (χ2n) is 5.04. The Labute approximate surface area is 203 Å². The van der Waals surface area contributed by atoms with Crippen LogP contribution in [0.2, 0.25) is 10.0 Å². The summed E-state index contributed by atoms with van der Waals surface area (Å²) in [5, 5.41) is 4.60. The van der Waals surface area contributed by atoms with Gasteiger partial charge in [0, 0.05) is 18.3 Å². The molecule has 0 amide bonds. The van der Waals surface area contributed by atoms with Gasteiger partial charge < -0.3 is 14.3 Å². The van der Waals surface area contributed by atoms with Crippen LogP contribution in [0, 0.1) is 0 Å². The molecule has 4 nitrogen and oxygen atoms in total. The summed E-state index contributed by atoms with van der Waals surface area (Å²) >= 11 is 33.4. The van der Waals surface area contributed by atoms with E-state index in [1.807, 2.05) is 0 Å². The lowest BCUT2D eigenvalue weighted by atomic mass is 10.2. The fourth-order valence-electron chi connectivity index (χ4n) is 1.69. The standard InChI is InChI=1S/C16H16Br3Cl4NO3/c17-16(18,19)10-27-24-5-2-1-3-6-26-15-12(20)8-11(9-13(15)21)25-7-4-14(22)23/h4-5,8-9H,1-3,6-7,10H2. The number of halogens is 7. The highest BCUT2D eigenvalue weighted by atomic mass is 80.0. The maximum absolute atomic E-state index is 6.20. The third-order valence-corrected chi connectivity index (χ3v) is 4.37. The fourth-order valence-corrected chi connectivity index (χ4v) is 2.70. The molecule has 0 bridgehead atoms. The SMILES string of the molecule is ClC(Cl)=CCOc1cc(Cl)c(OCCCCC=NOCC(Br)(Br)Br)c(Cl)c1. The minimum Gasteiger partial charge on any atom is -0.490 e. The summed E-state index contributed by atoms with van der Waals surface area (Å²) in [6.45, 7) is 1.03. The van der Waals surface area contributed by atoms with Gasteiger partial charge >= 0.3 is 0 Å². The van der Waals surface area contributed by atoms with Gasteiger partial charge in [-0.15, -0.1) is 0 Å². The zero-order valence-electron chi connectivity index (χ0n) is 13.9. The molecule has 0 heterocycles. The Bertz CT molecular complexity index is 627. The van der Waals surface area contributed by atoms with Crippen molar-refractivity contribution in [1.82, 2.24) is 0 Å². The van der Waals surface area contributed by atoms with Crippen molar-refractivity contribution in [2.24, 2.45) is 5.16 Å². The molecule has 0 fully saturated rings. The summed E-state index contributed by atoms with van der Waals surface area (Å²) in [7, 11) is 0. The van der Waals surface area contributed by atoms with Gasteiger partial charge in [-0.25, -0.2) is 0 Å². The Balaban J connectivity index is 2.32. The molecule has 0 saturated heterocycles. The van der Waals surface area contributed by atoms with E-state index < -0.39 is 2.14 Å². The van der Waals surface area contributed by atoms with Crippen LogP contribution >= 0.6 is 94.2 Å². The zero-order chi connectivity index (χ0) is 20.3. The number of ether oxygens (including phenoxy) is 2. The number of unbranched alkanes of at least 4 members (excludes halogenated alkanes) is 2. The largest absolute Gasteiger partial charge is 0.490 e. The van der Waals surface area contributed by atoms with Gasteiger partial charge in [0.25, 0.3) is 0 Å². The molecular weight excluding hydrogens is 636 g/mol. The van der Waals surface area contributed by atoms with E-state index in [1.54, 1.807) is 18.3 Å². The maximum atomic E-state index is 6.20. The van der Waals surface area contributed by atoms with Crippen LogP contribution in [0.25, 0.3) is 0 Å². The molecule has 0 saturated carbocycles. The normalized spacial score (nSPS) is 11.5. The highest BCUT2D eigenvalue weighted by molar-refractivity contribution is 9.39. The molecule has 0 aliphatic carbocycles. The summed E-state index contributed by atoms with van der Waals surface area (Å²) < 4.78 is 10.8. The molecule has 1 aromatic carbocycles. The first-order chi connectivity index (χ1) is 12.7. The predicted molar refractivity (Wildman–Crippen MR) is 125 cm³/mol. The number of benzene rings is 1. The Morgan fingerprint density at radius 2 is 1.74 bits per heavy atom. The average molecular weight is 652 g/mol. The van der Waals surface area contributed by atoms with Gasteiger partial charge in [-0.1, -0.05) is 99.3 Å². The van der Waals surface area contributed by atoms with E-state index >= 15 is 0 Å². The Morgan fingerprint density at radius 3 is 2.33 bits per heavy atom. The van der Waals surface area contributed by atoms with Crippen molar-refractivity contribution in [3.05, 3.63) is 32.7 Å². The molecule has 152 valence electrons. The minimum atomic E-state index is -0.453. The molecule has 27 heavy (non-hydrogen) atoms. The Hall–Kier alpha value is 0.630. The van der Waals surface area contributed by atoms with Crippen molar-refractivity contribution < 1.29 is 14.3 Å². The summed E-state index contributed by atoms with van der Waals surface area (Å²) in [4.78, 5) is 5.09. The Morgan fingerprint density at radius 1 is 1.07 bits per heavy atom. The van der Waals surface area contributed by atoms with Crippen LogP contribution in [0.4, 0.5) is 0 Å². The second-order valence-corrected chi connectivity index (χ2v) is 14.1. The van der Waals surface area contributed by atoms with Gasteiger partial charge in [0.1, 0.15) is 16.8 Å². The van der Waals surface area contributed by atoms with Gasteiger partial charge in [0.15, 0.2) is 14.5 Å². The number of oxime groups is 1. The Kier molecular flexibility index (Phi) is 13.1. The topological polar surface area (TPSA) is 40.0 Å². The third-order valence-electron chi connectivity index (χ3n) is 2.81. The first-order valence-electron chi connectivity index (χ1n) is 7.65. The van der Waals surface area contributed by atoms with E-state index in [4.69, 9.17) is 60.7 Å². The van der Waals surface area contributed by atoms with E-state index in [0.717, 1.165) is 19.3 Å². The lowest BCUT2D eigenvalue weighted by molar-refractivity contribution is 0.156. The lowest BCUT2D eigenvalue weighted by Gasteiger charge is -2.12. The van der Waals surface area contributed by atoms with E-state index in [1.165, 1.54) is 6.08 Å². The first kappa shape index (κ1) is 25.7. The first-order valence-corrected chi connectivity index (χ1v) is 11.5. The number of rotatable bonds is 11. The molecule has 0 N–H and O–H groups in total. The predicted octanol–water partition coefficient (Wildman–Crippen LogP) is 8.08. The summed E-state index contributed by atoms with van der Waals surface area (Å²) in [6.07, 6.45) is 5.70. The summed E-state index contributed by atoms with van der Waals surface area (Å²) in [6, 6.07) is 3.25. The van der Waals surface area contributed by atoms with Gasteiger partial charge in [0.2, 0.25) is 0 Å². The minimum absolute atomic E-state index is 0.131. The third kappa shape index (κ3) is 12.7. The molecule has 0 aliphatic rings. The van der Waals surface area contributed by atoms with Gasteiger partial charge in [-0.3, -0.25) is 0 Å². The van der Waals surface area contributed by atoms with Crippen LogP contribution in [0.3, 0.4) is 0 Å². The number of hydrogen-bond donors (Lipinski definition) is 0. The molecule has 1 aromatic rings. The van der Waals surface area contributed by atoms with Crippen molar-refractivity contribution in [2.75, 3.05) is 19.8 Å². The van der Waals surface area contributed by atoms with Crippen molar-refractivity contribution in [1.29, 1.82) is 0 Å². The zero-order valence-corrected chi connectivity index (χ0v) is 21.7. The number of alkyl halides is 3. The van der Waals surface area contributed by atoms with E-state index in [-0.39, 0.29) is 11.1 Å². The molecule has 1 rings (SSSR count). The summed E-state index contributed by atoms with van der Waals surface area (Å²) in [5.74, 6) is 0.927. The van der Waals surface area contributed by atoms with Crippen LogP contribution in [0.15, 0.2) is 27.9 Å². The molecule has 0 atom stereocenters. The van der Waals surface area contributed by atoms with Crippen molar-refractivity contribution in [3.63, 3.8) is 0 Å². The monoisotopic (exact) mass is 647 g/mol. The number of hydrogen-bond acceptors (Lipinski definition) is 4. The van der Waals surface area contributed by atoms with Crippen molar-refractivity contribution in [3.8, 4) is 11.5 Å². The van der Waals surface area contributed by atoms with Crippen LogP contribution in [0.5, 0.6) is 11.5 Å². The van der Waals surface area contributed by atoms with Crippen LogP contribution in [0.1, 0.15) is 19.3 Å². The number of nitrogens with zero attached hydrogens (tertiary/aromatic N) is 1. The molecule has 0 aromatic heterocycles. The molecule has 11 heteroatoms. The van der Waals surface area contributed by atoms with Crippen LogP contribution in [-0.2, 0) is 4.84 Å². The van der Waals surface area contributed by atoms with Gasteiger partial charge in [0.05, 0.1) is 16.7 Å². The lowest BCUT2D eigenvalue weighted by Crippen LogP contribution is -2.07. The van der Waals surface area contributed by atoms with E-state index in [0.29, 0.717) is 34.8 Å². The van der Waals surface area contributed by atoms with Crippen LogP contribution in [-0.4, -0.2) is 28.2 Å². The molecular formula is C16H16Br3Cl4NO3. The smallest absolute Gasteiger partial charge is 0.171 e. The van der Waals surface area contributed by atoms with Gasteiger partial charge in [-0.2, -0.15) is 0 Å². The maximum Gasteiger partial charge on any atom is 0.171 e. The van der Waals surface area contributed by atoms with Crippen molar-refractivity contribution >= 4 is 100 Å². The molecule has 0 spiro atoms. The van der Waals surface area contributed by atoms with Crippen molar-refractivity contribution in [2.45, 2.75) is 21.4 Å². The van der Waals surface area contributed by atoms with Crippen LogP contribution < -0.4 is 9.47 Å². The average Bonchev–Trinajstić information content (AvgIpc) is 2.54. The summed E-state index contributed by atoms with van der Waals surface area (Å²) in [5.41, 5.74) is 0. The van der Waals surface area contributed by atoms with E-state index in [2.05, 4.69) is 52.9 Å². The van der Waals surface area contributed by atoms with E-state index in [9.17, 15) is 0 Å².